The number of halogens is 1. The number of nitrogens with one attached hydrogen (secondary N) is 4. The molecule has 5 atom stereocenters. The number of carbonyl (C=O) groups excluding carboxylic acids is 5. The highest BCUT2D eigenvalue weighted by atomic mass is 19.1. The third kappa shape index (κ3) is 17.7. The Morgan fingerprint density at radius 2 is 1.62 bits per heavy atom. The molecule has 91 heavy (non-hydrogen) atoms. The van der Waals surface area contributed by atoms with E-state index in [-0.39, 0.29) is 118 Å². The number of allylic oxidation sites excluding steroid dienone is 2. The maximum atomic E-state index is 15.1. The molecule has 1 saturated heterocycles. The summed E-state index contributed by atoms with van der Waals surface area (Å²) >= 11 is 0. The Morgan fingerprint density at radius 1 is 0.890 bits per heavy atom. The lowest BCUT2D eigenvalue weighted by Gasteiger charge is -2.41. The predicted octanol–water partition coefficient (Wildman–Crippen LogP) is 6.47. The topological polar surface area (TPSA) is 270 Å². The van der Waals surface area contributed by atoms with Gasteiger partial charge in [0.05, 0.1) is 95.5 Å². The molecule has 22 nitrogen and oxygen atoms in total. The van der Waals surface area contributed by atoms with Crippen LogP contribution in [-0.4, -0.2) is 164 Å². The highest BCUT2D eigenvalue weighted by Gasteiger charge is 2.43. The number of fused-ring (bicyclic) bond motifs is 8. The molecule has 488 valence electrons. The van der Waals surface area contributed by atoms with E-state index in [1.54, 1.807) is 34.6 Å². The van der Waals surface area contributed by atoms with Crippen molar-refractivity contribution in [1.29, 1.82) is 5.26 Å². The summed E-state index contributed by atoms with van der Waals surface area (Å²) in [5, 5.41) is 27.7. The molecule has 2 aromatic heterocycles. The van der Waals surface area contributed by atoms with Gasteiger partial charge in [0, 0.05) is 62.3 Å². The average molecular weight is 1250 g/mol. The van der Waals surface area contributed by atoms with Crippen LogP contribution in [0.2, 0.25) is 0 Å². The predicted molar refractivity (Wildman–Crippen MR) is 342 cm³/mol. The van der Waals surface area contributed by atoms with Gasteiger partial charge in [-0.25, -0.2) is 9.37 Å². The number of nitrogen functional groups attached to an aromatic ring is 1. The van der Waals surface area contributed by atoms with Gasteiger partial charge in [0.2, 0.25) is 29.5 Å². The Bertz CT molecular complexity index is 3350. The summed E-state index contributed by atoms with van der Waals surface area (Å²) in [5.74, 6) is -0.886. The van der Waals surface area contributed by atoms with Crippen molar-refractivity contribution in [3.05, 3.63) is 125 Å². The lowest BCUT2D eigenvalue weighted by atomic mass is 9.83. The first-order chi connectivity index (χ1) is 43.9. The number of pyridine rings is 1. The van der Waals surface area contributed by atoms with Crippen LogP contribution in [0.5, 0.6) is 5.75 Å². The molecule has 5 amide bonds. The largest absolute Gasteiger partial charge is 0.491 e. The monoisotopic (exact) mass is 1250 g/mol. The molecule has 6 N–H and O–H groups in total. The van der Waals surface area contributed by atoms with Crippen LogP contribution in [0.15, 0.2) is 90.9 Å². The van der Waals surface area contributed by atoms with Gasteiger partial charge in [0.15, 0.2) is 0 Å². The molecule has 1 saturated carbocycles. The zero-order valence-corrected chi connectivity index (χ0v) is 53.2. The second-order valence-electron chi connectivity index (χ2n) is 24.9. The van der Waals surface area contributed by atoms with Gasteiger partial charge in [-0.15, -0.1) is 0 Å². The first-order valence-corrected chi connectivity index (χ1v) is 31.9. The van der Waals surface area contributed by atoms with Gasteiger partial charge in [0.1, 0.15) is 47.8 Å². The van der Waals surface area contributed by atoms with Gasteiger partial charge in [-0.3, -0.25) is 28.7 Å². The molecular formula is C68H89FN12O10. The number of hydrogen-bond acceptors (Lipinski definition) is 16. The Labute approximate surface area is 533 Å². The molecule has 2 aliphatic carbocycles. The van der Waals surface area contributed by atoms with E-state index in [4.69, 9.17) is 34.5 Å². The molecule has 4 aromatic rings. The fourth-order valence-corrected chi connectivity index (χ4v) is 12.2. The minimum Gasteiger partial charge on any atom is -0.491 e. The molecule has 0 radical (unpaired) electrons. The van der Waals surface area contributed by atoms with Crippen LogP contribution in [0.25, 0.3) is 11.1 Å². The zero-order valence-electron chi connectivity index (χ0n) is 53.2. The number of nitriles is 1. The number of benzene rings is 2. The third-order valence-corrected chi connectivity index (χ3v) is 17.4. The van der Waals surface area contributed by atoms with Crippen LogP contribution >= 0.6 is 0 Å². The number of hydrogen-bond donors (Lipinski definition) is 5. The first-order valence-electron chi connectivity index (χ1n) is 31.9. The lowest BCUT2D eigenvalue weighted by molar-refractivity contribution is -0.147. The number of aromatic nitrogens is 3. The summed E-state index contributed by atoms with van der Waals surface area (Å²) in [7, 11) is 1.69. The summed E-state index contributed by atoms with van der Waals surface area (Å²) in [6, 6.07) is 15.5. The molecule has 2 bridgehead atoms. The van der Waals surface area contributed by atoms with E-state index in [2.05, 4.69) is 55.9 Å². The summed E-state index contributed by atoms with van der Waals surface area (Å²) in [6.07, 6.45) is 12.2. The molecular weight excluding hydrogens is 1160 g/mol. The van der Waals surface area contributed by atoms with Crippen molar-refractivity contribution in [2.75, 3.05) is 90.2 Å². The van der Waals surface area contributed by atoms with E-state index in [1.165, 1.54) is 23.8 Å². The van der Waals surface area contributed by atoms with Gasteiger partial charge in [-0.05, 0) is 123 Å². The first kappa shape index (κ1) is 67.4. The molecule has 9 rings (SSSR count). The minimum atomic E-state index is -0.896. The van der Waals surface area contributed by atoms with Gasteiger partial charge in [0.25, 0.3) is 0 Å². The minimum absolute atomic E-state index is 0.00307. The Kier molecular flexibility index (Phi) is 23.6. The summed E-state index contributed by atoms with van der Waals surface area (Å²) in [6.45, 7) is 15.7. The molecule has 5 aliphatic rings. The molecule has 0 unspecified atom stereocenters. The standard InChI is InChI=1S/C68H89FN12O10/c1-44-36-50(69)14-10-18-61(83)79(51-20-21-51)43-55-62(48-39-57(64(71)74-41-48)78-25-11-17-56(44)78)59(40-70)81(77-55)26-24-73-60(82)23-27-87-28-29-88-30-31-89-32-33-90-34-35-91-52-22-19-47-38-58(66(85)75-54-16-9-13-46-12-7-8-15-53(46)54)80(42-49(47)37-52)67(86)63(68(3,4)5)76-65(84)45(2)72-6/h7-8,10,12,14-15,19,22,36-37,39,41,45,51,54,56,58,63,72H,1,9,11,13,16-18,20-21,23-35,38,42-43H2,2-6H3,(H2,71,74)(H,73,82)(H,75,85)(H,76,84)/b14-10-,50-36+/t45-,54+,56+,58-,63+/m0/s1. The zero-order chi connectivity index (χ0) is 64.6. The maximum Gasteiger partial charge on any atom is 0.246 e. The van der Waals surface area contributed by atoms with Crippen LogP contribution in [0, 0.1) is 16.7 Å². The van der Waals surface area contributed by atoms with E-state index >= 15 is 4.39 Å². The van der Waals surface area contributed by atoms with Crippen molar-refractivity contribution in [2.24, 2.45) is 5.41 Å². The summed E-state index contributed by atoms with van der Waals surface area (Å²) in [5.41, 5.74) is 13.1. The molecule has 2 aromatic carbocycles. The molecule has 23 heteroatoms. The highest BCUT2D eigenvalue weighted by molar-refractivity contribution is 5.94. The number of carbonyl (C=O) groups is 5. The number of likely N-dealkylation sites (N-methyl/N-ethyl adjacent to an activating group) is 1. The van der Waals surface area contributed by atoms with E-state index in [0.29, 0.717) is 86.4 Å². The van der Waals surface area contributed by atoms with Crippen molar-refractivity contribution in [3.8, 4) is 22.9 Å². The van der Waals surface area contributed by atoms with Gasteiger partial charge >= 0.3 is 0 Å². The van der Waals surface area contributed by atoms with Crippen molar-refractivity contribution in [3.63, 3.8) is 0 Å². The van der Waals surface area contributed by atoms with Crippen LogP contribution in [0.3, 0.4) is 0 Å². The Hall–Kier alpha value is -8.01. The van der Waals surface area contributed by atoms with Crippen molar-refractivity contribution in [2.45, 2.75) is 148 Å². The number of aryl methyl sites for hydroxylation is 1. The quantitative estimate of drug-likeness (QED) is 0.0422. The fraction of sp³-hybridized carbons (Fsp3) is 0.529. The van der Waals surface area contributed by atoms with Crippen LogP contribution in [-0.2, 0) is 75.4 Å². The van der Waals surface area contributed by atoms with Crippen LogP contribution < -0.4 is 36.6 Å². The Morgan fingerprint density at radius 3 is 2.33 bits per heavy atom. The Balaban J connectivity index is 0.675. The number of nitrogens with two attached hydrogens (primary N) is 1. The SMILES string of the molecule is C=C1/C=C(F)\C=C/CC(=O)N(C2CC2)Cc2nn(CCNC(=O)CCOCCOCCOCCOCCOc3ccc4c(c3)CN(C(=O)[C@@H](NC(=O)[C@H](C)NC)C(C)(C)C)[C@H](C(=O)N[C@@H]3CCCc5ccccc53)C4)c(C#N)c2-c2cnc(N)c(c2)N2CCC[C@H]12. The number of amides is 5. The average Bonchev–Trinajstić information content (AvgIpc) is 1.77. The van der Waals surface area contributed by atoms with E-state index < -0.39 is 29.4 Å². The lowest BCUT2D eigenvalue weighted by Crippen LogP contribution is -2.62. The van der Waals surface area contributed by atoms with Crippen LogP contribution in [0.4, 0.5) is 15.9 Å². The number of anilines is 2. The fourth-order valence-electron chi connectivity index (χ4n) is 12.2. The summed E-state index contributed by atoms with van der Waals surface area (Å²) < 4.78 is 45.5. The third-order valence-electron chi connectivity index (χ3n) is 17.4. The summed E-state index contributed by atoms with van der Waals surface area (Å²) in [4.78, 5) is 78.9. The van der Waals surface area contributed by atoms with Crippen molar-refractivity contribution in [1.82, 2.24) is 45.8 Å². The van der Waals surface area contributed by atoms with Crippen molar-refractivity contribution < 1.29 is 52.0 Å². The van der Waals surface area contributed by atoms with Crippen molar-refractivity contribution >= 4 is 41.0 Å². The smallest absolute Gasteiger partial charge is 0.246 e. The van der Waals surface area contributed by atoms with Gasteiger partial charge in [-0.2, -0.15) is 10.4 Å². The molecule has 3 aliphatic heterocycles. The molecule has 5 heterocycles. The maximum absolute atomic E-state index is 15.1. The number of rotatable bonds is 26. The second-order valence-corrected chi connectivity index (χ2v) is 24.9. The second kappa shape index (κ2) is 31.8. The van der Waals surface area contributed by atoms with E-state index in [1.807, 2.05) is 57.2 Å². The number of nitrogens with zero attached hydrogens (tertiary/aromatic N) is 7. The van der Waals surface area contributed by atoms with E-state index in [0.717, 1.165) is 61.6 Å². The normalized spacial score (nSPS) is 20.0. The van der Waals surface area contributed by atoms with Gasteiger partial charge in [-0.1, -0.05) is 63.8 Å². The number of ether oxygens (including phenoxy) is 5. The molecule has 2 fully saturated rings. The van der Waals surface area contributed by atoms with Crippen LogP contribution in [0.1, 0.15) is 119 Å². The highest BCUT2D eigenvalue weighted by Crippen LogP contribution is 2.40. The molecule has 0 spiro atoms. The van der Waals surface area contributed by atoms with Gasteiger partial charge < -0.3 is 65.4 Å². The van der Waals surface area contributed by atoms with E-state index in [9.17, 15) is 29.2 Å².